The maximum Gasteiger partial charge on any atom is 0.221 e. The molecule has 0 radical (unpaired) electrons. The lowest BCUT2D eigenvalue weighted by Gasteiger charge is -2.07. The summed E-state index contributed by atoms with van der Waals surface area (Å²) in [6.45, 7) is 1.48. The van der Waals surface area contributed by atoms with Gasteiger partial charge in [0.2, 0.25) is 5.91 Å². The number of halogens is 2. The van der Waals surface area contributed by atoms with Crippen LogP contribution < -0.4 is 5.32 Å². The molecule has 1 amide bonds. The highest BCUT2D eigenvalue weighted by molar-refractivity contribution is 9.10. The summed E-state index contributed by atoms with van der Waals surface area (Å²) in [5, 5.41) is 3.19. The van der Waals surface area contributed by atoms with Crippen molar-refractivity contribution in [3.63, 3.8) is 0 Å². The zero-order chi connectivity index (χ0) is 13.1. The molecule has 5 heteroatoms. The van der Waals surface area contributed by atoms with Gasteiger partial charge in [-0.05, 0) is 41.5 Å². The van der Waals surface area contributed by atoms with Crippen LogP contribution >= 0.6 is 27.5 Å². The Balaban J connectivity index is 2.44. The molecular weight excluding hydrogens is 316 g/mol. The number of anilines is 1. The molecule has 0 saturated carbocycles. The second-order valence-corrected chi connectivity index (χ2v) is 5.08. The number of carbonyl (C=O) groups excluding carboxylic acids is 1. The van der Waals surface area contributed by atoms with Gasteiger partial charge in [-0.1, -0.05) is 27.5 Å². The van der Waals surface area contributed by atoms with Crippen molar-refractivity contribution in [1.29, 1.82) is 0 Å². The number of aromatic nitrogens is 1. The Morgan fingerprint density at radius 1 is 1.28 bits per heavy atom. The van der Waals surface area contributed by atoms with Gasteiger partial charge in [-0.3, -0.25) is 4.79 Å². The van der Waals surface area contributed by atoms with E-state index in [1.807, 2.05) is 24.3 Å². The summed E-state index contributed by atoms with van der Waals surface area (Å²) in [4.78, 5) is 15.0. The molecule has 2 aromatic rings. The Bertz CT molecular complexity index is 601. The normalized spacial score (nSPS) is 10.2. The molecule has 1 heterocycles. The van der Waals surface area contributed by atoms with Gasteiger partial charge in [0.15, 0.2) is 0 Å². The van der Waals surface area contributed by atoms with Crippen LogP contribution in [0.3, 0.4) is 0 Å². The van der Waals surface area contributed by atoms with Crippen molar-refractivity contribution in [1.82, 2.24) is 4.98 Å². The average molecular weight is 326 g/mol. The van der Waals surface area contributed by atoms with Gasteiger partial charge in [-0.25, -0.2) is 4.98 Å². The van der Waals surface area contributed by atoms with E-state index in [1.54, 1.807) is 12.3 Å². The van der Waals surface area contributed by atoms with E-state index < -0.39 is 0 Å². The van der Waals surface area contributed by atoms with Crippen LogP contribution in [0.2, 0.25) is 5.15 Å². The first-order valence-corrected chi connectivity index (χ1v) is 6.42. The predicted molar refractivity (Wildman–Crippen MR) is 76.7 cm³/mol. The lowest BCUT2D eigenvalue weighted by atomic mass is 10.1. The number of nitrogens with one attached hydrogen (secondary N) is 1. The fourth-order valence-electron chi connectivity index (χ4n) is 1.61. The van der Waals surface area contributed by atoms with Crippen molar-refractivity contribution in [2.24, 2.45) is 0 Å². The maximum atomic E-state index is 11.1. The monoisotopic (exact) mass is 324 g/mol. The Kier molecular flexibility index (Phi) is 3.99. The summed E-state index contributed by atoms with van der Waals surface area (Å²) >= 11 is 9.28. The molecule has 2 rings (SSSR count). The van der Waals surface area contributed by atoms with E-state index in [0.717, 1.165) is 21.3 Å². The van der Waals surface area contributed by atoms with Gasteiger partial charge in [0.05, 0.1) is 0 Å². The second-order valence-electron chi connectivity index (χ2n) is 3.78. The van der Waals surface area contributed by atoms with Crippen molar-refractivity contribution >= 4 is 39.1 Å². The third-order valence-corrected chi connectivity index (χ3v) is 2.94. The first-order valence-electron chi connectivity index (χ1n) is 5.25. The number of benzene rings is 1. The molecule has 0 aliphatic carbocycles. The zero-order valence-corrected chi connectivity index (χ0v) is 11.9. The molecule has 0 fully saturated rings. The highest BCUT2D eigenvalue weighted by atomic mass is 79.9. The number of rotatable bonds is 2. The van der Waals surface area contributed by atoms with E-state index in [-0.39, 0.29) is 5.91 Å². The molecule has 0 atom stereocenters. The number of hydrogen-bond acceptors (Lipinski definition) is 2. The third kappa shape index (κ3) is 3.31. The van der Waals surface area contributed by atoms with Gasteiger partial charge in [-0.15, -0.1) is 0 Å². The van der Waals surface area contributed by atoms with Crippen molar-refractivity contribution in [2.45, 2.75) is 6.92 Å². The van der Waals surface area contributed by atoms with E-state index in [2.05, 4.69) is 26.2 Å². The minimum Gasteiger partial charge on any atom is -0.326 e. The summed E-state index contributed by atoms with van der Waals surface area (Å²) in [5.74, 6) is -0.105. The fraction of sp³-hybridized carbons (Fsp3) is 0.0769. The summed E-state index contributed by atoms with van der Waals surface area (Å²) in [5.41, 5.74) is 2.64. The number of nitrogens with zero attached hydrogens (tertiary/aromatic N) is 1. The minimum atomic E-state index is -0.105. The zero-order valence-electron chi connectivity index (χ0n) is 9.58. The van der Waals surface area contributed by atoms with E-state index >= 15 is 0 Å². The SMILES string of the molecule is CC(=O)Nc1cc(Br)cc(-c2ccnc(Cl)c2)c1. The fourth-order valence-corrected chi connectivity index (χ4v) is 2.28. The average Bonchev–Trinajstić information content (AvgIpc) is 2.27. The largest absolute Gasteiger partial charge is 0.326 e. The first-order chi connectivity index (χ1) is 8.54. The molecule has 1 aromatic heterocycles. The minimum absolute atomic E-state index is 0.105. The Hall–Kier alpha value is -1.39. The third-order valence-electron chi connectivity index (χ3n) is 2.28. The molecule has 0 aliphatic heterocycles. The van der Waals surface area contributed by atoms with Gasteiger partial charge >= 0.3 is 0 Å². The van der Waals surface area contributed by atoms with Gasteiger partial charge in [-0.2, -0.15) is 0 Å². The molecule has 0 bridgehead atoms. The molecule has 3 nitrogen and oxygen atoms in total. The van der Waals surface area contributed by atoms with Crippen molar-refractivity contribution in [2.75, 3.05) is 5.32 Å². The van der Waals surface area contributed by atoms with E-state index in [1.165, 1.54) is 6.92 Å². The summed E-state index contributed by atoms with van der Waals surface area (Å²) in [6, 6.07) is 9.33. The van der Waals surface area contributed by atoms with Crippen LogP contribution in [0, 0.1) is 0 Å². The first kappa shape index (κ1) is 13.1. The van der Waals surface area contributed by atoms with Crippen molar-refractivity contribution in [3.05, 3.63) is 46.2 Å². The molecule has 1 N–H and O–H groups in total. The molecule has 0 unspecified atom stereocenters. The summed E-state index contributed by atoms with van der Waals surface area (Å²) < 4.78 is 0.886. The van der Waals surface area contributed by atoms with E-state index in [9.17, 15) is 4.79 Å². The van der Waals surface area contributed by atoms with Crippen LogP contribution in [0.4, 0.5) is 5.69 Å². The van der Waals surface area contributed by atoms with E-state index in [0.29, 0.717) is 5.15 Å². The molecule has 1 aromatic carbocycles. The van der Waals surface area contributed by atoms with Gasteiger partial charge in [0, 0.05) is 23.3 Å². The predicted octanol–water partition coefficient (Wildman–Crippen LogP) is 4.12. The van der Waals surface area contributed by atoms with E-state index in [4.69, 9.17) is 11.6 Å². The van der Waals surface area contributed by atoms with Gasteiger partial charge in [0.25, 0.3) is 0 Å². The van der Waals surface area contributed by atoms with Gasteiger partial charge < -0.3 is 5.32 Å². The molecule has 0 saturated heterocycles. The van der Waals surface area contributed by atoms with Gasteiger partial charge in [0.1, 0.15) is 5.15 Å². The van der Waals surface area contributed by atoms with Crippen LogP contribution in [0.1, 0.15) is 6.92 Å². The maximum absolute atomic E-state index is 11.1. The Morgan fingerprint density at radius 2 is 2.06 bits per heavy atom. The lowest BCUT2D eigenvalue weighted by molar-refractivity contribution is -0.114. The number of carbonyl (C=O) groups is 1. The quantitative estimate of drug-likeness (QED) is 0.844. The Labute approximate surface area is 118 Å². The number of hydrogen-bond donors (Lipinski definition) is 1. The van der Waals surface area contributed by atoms with Crippen LogP contribution in [0.25, 0.3) is 11.1 Å². The number of pyridine rings is 1. The molecular formula is C13H10BrClN2O. The molecule has 0 spiro atoms. The standard InChI is InChI=1S/C13H10BrClN2O/c1-8(18)17-12-5-10(4-11(14)7-12)9-2-3-16-13(15)6-9/h2-7H,1H3,(H,17,18). The second kappa shape index (κ2) is 5.50. The number of amides is 1. The van der Waals surface area contributed by atoms with Crippen molar-refractivity contribution in [3.8, 4) is 11.1 Å². The summed E-state index contributed by atoms with van der Waals surface area (Å²) in [6.07, 6.45) is 1.65. The lowest BCUT2D eigenvalue weighted by Crippen LogP contribution is -2.05. The van der Waals surface area contributed by atoms with Crippen LogP contribution in [-0.4, -0.2) is 10.9 Å². The topological polar surface area (TPSA) is 42.0 Å². The van der Waals surface area contributed by atoms with Crippen molar-refractivity contribution < 1.29 is 4.79 Å². The summed E-state index contributed by atoms with van der Waals surface area (Å²) in [7, 11) is 0. The Morgan fingerprint density at radius 3 is 2.72 bits per heavy atom. The highest BCUT2D eigenvalue weighted by Crippen LogP contribution is 2.28. The molecule has 0 aliphatic rings. The van der Waals surface area contributed by atoms with Crippen LogP contribution in [-0.2, 0) is 4.79 Å². The highest BCUT2D eigenvalue weighted by Gasteiger charge is 2.04. The smallest absolute Gasteiger partial charge is 0.221 e. The van der Waals surface area contributed by atoms with Crippen LogP contribution in [0.5, 0.6) is 0 Å². The molecule has 18 heavy (non-hydrogen) atoms. The van der Waals surface area contributed by atoms with Crippen LogP contribution in [0.15, 0.2) is 41.0 Å². The molecule has 92 valence electrons.